The number of rotatable bonds is 4. The second-order valence-electron chi connectivity index (χ2n) is 5.93. The smallest absolute Gasteiger partial charge is 0.264 e. The van der Waals surface area contributed by atoms with Crippen molar-refractivity contribution in [3.63, 3.8) is 0 Å². The average molecular weight is 343 g/mol. The van der Waals surface area contributed by atoms with Crippen LogP contribution >= 0.6 is 0 Å². The molecule has 2 aliphatic heterocycles. The third kappa shape index (κ3) is 4.96. The summed E-state index contributed by atoms with van der Waals surface area (Å²) in [6, 6.07) is 0. The van der Waals surface area contributed by atoms with Crippen LogP contribution in [0.4, 0.5) is 0 Å². The molecule has 130 valence electrons. The topological polar surface area (TPSA) is 49.4 Å². The summed E-state index contributed by atoms with van der Waals surface area (Å²) < 4.78 is 3.72. The second-order valence-corrected chi connectivity index (χ2v) is 5.93. The number of amides is 2. The lowest BCUT2D eigenvalue weighted by molar-refractivity contribution is -0.684. The Morgan fingerprint density at radius 2 is 1.43 bits per heavy atom. The monoisotopic (exact) mass is 342 g/mol. The molecule has 0 aliphatic carbocycles. The molecule has 2 saturated heterocycles. The number of likely N-dealkylation sites (tertiary alicyclic amines) is 2. The van der Waals surface area contributed by atoms with Crippen LogP contribution in [0, 0.1) is 0 Å². The summed E-state index contributed by atoms with van der Waals surface area (Å²) in [5, 5.41) is 0. The fourth-order valence-corrected chi connectivity index (χ4v) is 3.07. The zero-order chi connectivity index (χ0) is 14.7. The number of hydrogen-bond acceptors (Lipinski definition) is 2. The fraction of sp³-hybridized carbons (Fsp3) is 0.688. The molecular weight excluding hydrogens is 316 g/mol. The second kappa shape index (κ2) is 8.91. The molecule has 0 spiro atoms. The molecule has 3 heterocycles. The number of halogens is 1. The van der Waals surface area contributed by atoms with Crippen LogP contribution in [0.1, 0.15) is 33.1 Å². The molecule has 1 aromatic heterocycles. The van der Waals surface area contributed by atoms with Gasteiger partial charge in [0.2, 0.25) is 6.33 Å². The maximum atomic E-state index is 12.1. The van der Waals surface area contributed by atoms with Gasteiger partial charge in [0.25, 0.3) is 11.8 Å². The molecule has 0 unspecified atom stereocenters. The highest BCUT2D eigenvalue weighted by atomic mass is 35.5. The van der Waals surface area contributed by atoms with E-state index in [4.69, 9.17) is 0 Å². The quantitative estimate of drug-likeness (QED) is 0.576. The maximum absolute atomic E-state index is 12.1. The van der Waals surface area contributed by atoms with Crippen LogP contribution in [0.2, 0.25) is 0 Å². The first kappa shape index (κ1) is 19.5. The number of carbonyl (C=O) groups is 2. The SMILES string of the molecule is C.O=C(Cn1cc[n+](CC(=O)N2CCCC2)c1)N1CCCC1.[Cl-]. The van der Waals surface area contributed by atoms with Crippen molar-refractivity contribution in [2.24, 2.45) is 0 Å². The molecule has 2 aliphatic rings. The number of aromatic nitrogens is 2. The molecule has 2 amide bonds. The Morgan fingerprint density at radius 3 is 2.00 bits per heavy atom. The highest BCUT2D eigenvalue weighted by Crippen LogP contribution is 2.08. The first-order chi connectivity index (χ1) is 10.2. The molecule has 0 radical (unpaired) electrons. The van der Waals surface area contributed by atoms with Crippen molar-refractivity contribution in [2.45, 2.75) is 46.2 Å². The van der Waals surface area contributed by atoms with Crippen molar-refractivity contribution in [3.8, 4) is 0 Å². The van der Waals surface area contributed by atoms with E-state index in [9.17, 15) is 9.59 Å². The summed E-state index contributed by atoms with van der Waals surface area (Å²) in [5.74, 6) is 0.335. The molecule has 23 heavy (non-hydrogen) atoms. The third-order valence-electron chi connectivity index (χ3n) is 4.30. The Kier molecular flexibility index (Phi) is 7.55. The first-order valence-corrected chi connectivity index (χ1v) is 7.83. The van der Waals surface area contributed by atoms with Crippen LogP contribution in [-0.2, 0) is 22.7 Å². The van der Waals surface area contributed by atoms with E-state index in [1.165, 1.54) is 0 Å². The van der Waals surface area contributed by atoms with Gasteiger partial charge in [0.05, 0.1) is 0 Å². The van der Waals surface area contributed by atoms with E-state index >= 15 is 0 Å². The van der Waals surface area contributed by atoms with Crippen LogP contribution in [-0.4, -0.2) is 52.4 Å². The van der Waals surface area contributed by atoms with Crippen LogP contribution in [0.25, 0.3) is 0 Å². The standard InChI is InChI=1S/C15H23N4O2.CH4.ClH/c20-14(18-5-1-2-6-18)11-16-9-10-17(13-16)12-15(21)19-7-3-4-8-19;;/h9-10,13H,1-8,11-12H2;1H4;1H/q+1;;/p-1. The van der Waals surface area contributed by atoms with Crippen molar-refractivity contribution < 1.29 is 26.6 Å². The maximum Gasteiger partial charge on any atom is 0.264 e. The largest absolute Gasteiger partial charge is 1.00 e. The highest BCUT2D eigenvalue weighted by Gasteiger charge is 2.22. The Morgan fingerprint density at radius 1 is 0.913 bits per heavy atom. The van der Waals surface area contributed by atoms with Crippen molar-refractivity contribution in [1.29, 1.82) is 0 Å². The lowest BCUT2D eigenvalue weighted by atomic mass is 10.4. The van der Waals surface area contributed by atoms with Crippen molar-refractivity contribution in [3.05, 3.63) is 18.7 Å². The summed E-state index contributed by atoms with van der Waals surface area (Å²) in [6.07, 6.45) is 10.0. The lowest BCUT2D eigenvalue weighted by Crippen LogP contribution is -3.00. The van der Waals surface area contributed by atoms with Crippen molar-refractivity contribution in [2.75, 3.05) is 26.2 Å². The van der Waals surface area contributed by atoms with Gasteiger partial charge < -0.3 is 22.2 Å². The fourth-order valence-electron chi connectivity index (χ4n) is 3.07. The predicted octanol–water partition coefficient (Wildman–Crippen LogP) is -2.34. The van der Waals surface area contributed by atoms with E-state index in [0.29, 0.717) is 13.1 Å². The van der Waals surface area contributed by atoms with Crippen molar-refractivity contribution in [1.82, 2.24) is 14.4 Å². The summed E-state index contributed by atoms with van der Waals surface area (Å²) in [6.45, 7) is 4.26. The number of imidazole rings is 1. The van der Waals surface area contributed by atoms with Gasteiger partial charge in [0.15, 0.2) is 13.1 Å². The summed E-state index contributed by atoms with van der Waals surface area (Å²) in [4.78, 5) is 28.0. The van der Waals surface area contributed by atoms with Crippen LogP contribution in [0.3, 0.4) is 0 Å². The van der Waals surface area contributed by atoms with Gasteiger partial charge in [-0.15, -0.1) is 0 Å². The van der Waals surface area contributed by atoms with Gasteiger partial charge in [-0.2, -0.15) is 0 Å². The normalized spacial score (nSPS) is 16.9. The minimum Gasteiger partial charge on any atom is -1.00 e. The summed E-state index contributed by atoms with van der Waals surface area (Å²) in [7, 11) is 0. The minimum absolute atomic E-state index is 0. The van der Waals surface area contributed by atoms with Gasteiger partial charge in [-0.05, 0) is 25.7 Å². The van der Waals surface area contributed by atoms with Gasteiger partial charge in [-0.1, -0.05) is 7.43 Å². The van der Waals surface area contributed by atoms with Gasteiger partial charge in [0.1, 0.15) is 12.4 Å². The molecule has 0 bridgehead atoms. The van der Waals surface area contributed by atoms with Gasteiger partial charge in [-0.25, -0.2) is 9.13 Å². The number of carbonyl (C=O) groups excluding carboxylic acids is 2. The van der Waals surface area contributed by atoms with E-state index < -0.39 is 0 Å². The van der Waals surface area contributed by atoms with Crippen LogP contribution in [0.15, 0.2) is 18.7 Å². The molecule has 3 rings (SSSR count). The Balaban J connectivity index is 0.00000132. The number of hydrogen-bond donors (Lipinski definition) is 0. The molecule has 0 saturated carbocycles. The van der Waals surface area contributed by atoms with Gasteiger partial charge in [-0.3, -0.25) is 9.59 Å². The van der Waals surface area contributed by atoms with E-state index in [0.717, 1.165) is 51.9 Å². The molecule has 7 heteroatoms. The van der Waals surface area contributed by atoms with E-state index in [-0.39, 0.29) is 31.6 Å². The van der Waals surface area contributed by atoms with E-state index in [1.807, 2.05) is 37.7 Å². The van der Waals surface area contributed by atoms with Crippen LogP contribution < -0.4 is 17.0 Å². The van der Waals surface area contributed by atoms with E-state index in [2.05, 4.69) is 0 Å². The molecule has 0 atom stereocenters. The predicted molar refractivity (Wildman–Crippen MR) is 83.0 cm³/mol. The minimum atomic E-state index is 0. The average Bonchev–Trinajstić information content (AvgIpc) is 3.22. The highest BCUT2D eigenvalue weighted by molar-refractivity contribution is 5.76. The summed E-state index contributed by atoms with van der Waals surface area (Å²) in [5.41, 5.74) is 0. The molecule has 2 fully saturated rings. The third-order valence-corrected chi connectivity index (χ3v) is 4.30. The Hall–Kier alpha value is -1.56. The zero-order valence-electron chi connectivity index (χ0n) is 12.8. The first-order valence-electron chi connectivity index (χ1n) is 7.83. The molecular formula is C16H27ClN4O2. The summed E-state index contributed by atoms with van der Waals surface area (Å²) >= 11 is 0. The molecule has 1 aromatic rings. The van der Waals surface area contributed by atoms with Gasteiger partial charge in [0, 0.05) is 26.2 Å². The van der Waals surface area contributed by atoms with Gasteiger partial charge >= 0.3 is 0 Å². The molecule has 6 nitrogen and oxygen atoms in total. The lowest BCUT2D eigenvalue weighted by Gasteiger charge is -2.13. The Bertz CT molecular complexity index is 475. The van der Waals surface area contributed by atoms with Crippen LogP contribution in [0.5, 0.6) is 0 Å². The van der Waals surface area contributed by atoms with Crippen molar-refractivity contribution >= 4 is 11.8 Å². The zero-order valence-corrected chi connectivity index (χ0v) is 13.5. The molecule has 0 N–H and O–H groups in total. The Labute approximate surface area is 144 Å². The molecule has 0 aromatic carbocycles. The number of nitrogens with zero attached hydrogens (tertiary/aromatic N) is 4. The van der Waals surface area contributed by atoms with E-state index in [1.54, 1.807) is 0 Å².